The van der Waals surface area contributed by atoms with E-state index in [0.29, 0.717) is 32.7 Å². The maximum atomic E-state index is 12.8. The molecule has 2 heterocycles. The molecule has 2 fully saturated rings. The molecule has 1 aromatic rings. The quantitative estimate of drug-likeness (QED) is 0.567. The third-order valence-corrected chi connectivity index (χ3v) is 7.20. The van der Waals surface area contributed by atoms with Crippen LogP contribution in [0.1, 0.15) is 12.0 Å². The van der Waals surface area contributed by atoms with Crippen LogP contribution < -0.4 is 9.47 Å². The van der Waals surface area contributed by atoms with Crippen molar-refractivity contribution in [1.29, 1.82) is 0 Å². The average Bonchev–Trinajstić information content (AvgIpc) is 3.06. The summed E-state index contributed by atoms with van der Waals surface area (Å²) < 4.78 is 34.3. The normalized spacial score (nSPS) is 24.2. The largest absolute Gasteiger partial charge is 0.497 e. The number of ether oxygens (including phenoxy) is 2. The van der Waals surface area contributed by atoms with Gasteiger partial charge in [0.15, 0.2) is 9.84 Å². The number of sulfone groups is 1. The molecule has 6 nitrogen and oxygen atoms in total. The minimum Gasteiger partial charge on any atom is -0.497 e. The number of amides is 1. The second-order valence-corrected chi connectivity index (χ2v) is 9.62. The van der Waals surface area contributed by atoms with E-state index < -0.39 is 9.84 Å². The minimum atomic E-state index is -3.09. The van der Waals surface area contributed by atoms with E-state index in [1.54, 1.807) is 38.5 Å². The number of benzene rings is 1. The first-order chi connectivity index (χ1) is 11.8. The Labute approximate surface area is 156 Å². The number of carbonyl (C=O) groups is 1. The zero-order valence-electron chi connectivity index (χ0n) is 13.7. The molecule has 0 aromatic heterocycles. The zero-order chi connectivity index (χ0) is 18.2. The highest BCUT2D eigenvalue weighted by Crippen LogP contribution is 2.37. The number of carbonyl (C=O) groups excluding carboxylic acids is 1. The van der Waals surface area contributed by atoms with Gasteiger partial charge in [-0.25, -0.2) is 8.42 Å². The number of thiocarbonyl (C=S) groups is 1. The molecule has 1 aromatic carbocycles. The van der Waals surface area contributed by atoms with Crippen LogP contribution >= 0.6 is 24.0 Å². The van der Waals surface area contributed by atoms with Gasteiger partial charge in [-0.1, -0.05) is 24.0 Å². The third kappa shape index (κ3) is 3.68. The molecule has 0 unspecified atom stereocenters. The highest BCUT2D eigenvalue weighted by Gasteiger charge is 2.42. The molecular weight excluding hydrogens is 382 g/mol. The lowest BCUT2D eigenvalue weighted by molar-refractivity contribution is -0.123. The lowest BCUT2D eigenvalue weighted by Gasteiger charge is -2.20. The molecule has 2 aliphatic heterocycles. The molecule has 0 N–H and O–H groups in total. The molecule has 2 saturated heterocycles. The van der Waals surface area contributed by atoms with Crippen LogP contribution in [-0.2, 0) is 14.6 Å². The molecule has 2 aliphatic rings. The molecular formula is C16H17NO5S3. The van der Waals surface area contributed by atoms with E-state index in [1.807, 2.05) is 0 Å². The second kappa shape index (κ2) is 6.97. The first-order valence-electron chi connectivity index (χ1n) is 7.54. The van der Waals surface area contributed by atoms with Crippen LogP contribution in [0.15, 0.2) is 23.1 Å². The number of methoxy groups -OCH3 is 2. The van der Waals surface area contributed by atoms with Crippen molar-refractivity contribution in [2.24, 2.45) is 0 Å². The highest BCUT2D eigenvalue weighted by molar-refractivity contribution is 8.26. The van der Waals surface area contributed by atoms with Gasteiger partial charge in [-0.05, 0) is 30.7 Å². The Morgan fingerprint density at radius 1 is 1.32 bits per heavy atom. The van der Waals surface area contributed by atoms with Gasteiger partial charge in [0, 0.05) is 5.56 Å². The van der Waals surface area contributed by atoms with Crippen LogP contribution in [-0.4, -0.2) is 55.3 Å². The van der Waals surface area contributed by atoms with Gasteiger partial charge in [0.05, 0.1) is 36.7 Å². The summed E-state index contributed by atoms with van der Waals surface area (Å²) in [7, 11) is 0.0159. The zero-order valence-corrected chi connectivity index (χ0v) is 16.2. The van der Waals surface area contributed by atoms with E-state index in [4.69, 9.17) is 21.7 Å². The van der Waals surface area contributed by atoms with Crippen LogP contribution in [0.3, 0.4) is 0 Å². The lowest BCUT2D eigenvalue weighted by atomic mass is 10.1. The van der Waals surface area contributed by atoms with Gasteiger partial charge in [0.1, 0.15) is 15.8 Å². The summed E-state index contributed by atoms with van der Waals surface area (Å²) in [6, 6.07) is 4.92. The summed E-state index contributed by atoms with van der Waals surface area (Å²) in [6.45, 7) is 0. The van der Waals surface area contributed by atoms with Crippen molar-refractivity contribution in [3.05, 3.63) is 28.7 Å². The fourth-order valence-electron chi connectivity index (χ4n) is 2.87. The lowest BCUT2D eigenvalue weighted by Crippen LogP contribution is -2.39. The van der Waals surface area contributed by atoms with E-state index in [2.05, 4.69) is 0 Å². The van der Waals surface area contributed by atoms with E-state index >= 15 is 0 Å². The molecule has 0 radical (unpaired) electrons. The van der Waals surface area contributed by atoms with Crippen LogP contribution in [0.4, 0.5) is 0 Å². The van der Waals surface area contributed by atoms with Gasteiger partial charge in [0.25, 0.3) is 5.91 Å². The van der Waals surface area contributed by atoms with Crippen LogP contribution in [0.25, 0.3) is 6.08 Å². The molecule has 0 spiro atoms. The predicted molar refractivity (Wildman–Crippen MR) is 102 cm³/mol. The summed E-state index contributed by atoms with van der Waals surface area (Å²) >= 11 is 6.48. The van der Waals surface area contributed by atoms with Gasteiger partial charge in [0.2, 0.25) is 0 Å². The van der Waals surface area contributed by atoms with Crippen molar-refractivity contribution in [3.63, 3.8) is 0 Å². The van der Waals surface area contributed by atoms with E-state index in [0.717, 1.165) is 0 Å². The first kappa shape index (κ1) is 18.2. The first-order valence-corrected chi connectivity index (χ1v) is 10.6. The Bertz CT molecular complexity index is 863. The molecule has 25 heavy (non-hydrogen) atoms. The molecule has 0 aliphatic carbocycles. The van der Waals surface area contributed by atoms with E-state index in [1.165, 1.54) is 16.7 Å². The maximum absolute atomic E-state index is 12.8. The van der Waals surface area contributed by atoms with Crippen LogP contribution in [0.2, 0.25) is 0 Å². The van der Waals surface area contributed by atoms with Crippen molar-refractivity contribution in [3.8, 4) is 11.5 Å². The van der Waals surface area contributed by atoms with Crippen molar-refractivity contribution in [2.45, 2.75) is 12.5 Å². The standard InChI is InChI=1S/C16H17NO5S3/c1-21-12-3-4-13(22-2)10(7-12)8-14-15(18)17(16(23)24-14)11-5-6-25(19,20)9-11/h3-4,7-8,11H,5-6,9H2,1-2H3/b14-8+/t11-/m1/s1. The molecule has 1 atom stereocenters. The number of thioether (sulfide) groups is 1. The summed E-state index contributed by atoms with van der Waals surface area (Å²) in [6.07, 6.45) is 2.12. The fourth-order valence-corrected chi connectivity index (χ4v) is 5.96. The Kier molecular flexibility index (Phi) is 5.08. The summed E-state index contributed by atoms with van der Waals surface area (Å²) in [4.78, 5) is 14.6. The van der Waals surface area contributed by atoms with Gasteiger partial charge in [-0.15, -0.1) is 0 Å². The van der Waals surface area contributed by atoms with E-state index in [9.17, 15) is 13.2 Å². The predicted octanol–water partition coefficient (Wildman–Crippen LogP) is 2.09. The summed E-state index contributed by atoms with van der Waals surface area (Å²) in [5, 5.41) is 0. The van der Waals surface area contributed by atoms with Crippen LogP contribution in [0.5, 0.6) is 11.5 Å². The molecule has 0 bridgehead atoms. The Morgan fingerprint density at radius 2 is 2.08 bits per heavy atom. The minimum absolute atomic E-state index is 0.0325. The SMILES string of the molecule is COc1ccc(OC)c(/C=C2/SC(=S)N([C@@H]3CCS(=O)(=O)C3)C2=O)c1. The number of hydrogen-bond donors (Lipinski definition) is 0. The molecule has 3 rings (SSSR count). The van der Waals surface area contributed by atoms with Gasteiger partial charge < -0.3 is 9.47 Å². The monoisotopic (exact) mass is 399 g/mol. The molecule has 0 saturated carbocycles. The maximum Gasteiger partial charge on any atom is 0.266 e. The molecule has 134 valence electrons. The summed E-state index contributed by atoms with van der Waals surface area (Å²) in [5.74, 6) is 1.05. The van der Waals surface area contributed by atoms with Crippen molar-refractivity contribution < 1.29 is 22.7 Å². The van der Waals surface area contributed by atoms with Crippen molar-refractivity contribution >= 4 is 50.1 Å². The van der Waals surface area contributed by atoms with Gasteiger partial charge >= 0.3 is 0 Å². The Morgan fingerprint density at radius 3 is 2.68 bits per heavy atom. The van der Waals surface area contributed by atoms with E-state index in [-0.39, 0.29) is 23.5 Å². The number of nitrogens with zero attached hydrogens (tertiary/aromatic N) is 1. The van der Waals surface area contributed by atoms with Gasteiger partial charge in [-0.2, -0.15) is 0 Å². The molecule has 9 heteroatoms. The van der Waals surface area contributed by atoms with Crippen molar-refractivity contribution in [1.82, 2.24) is 4.90 Å². The van der Waals surface area contributed by atoms with Crippen LogP contribution in [0, 0.1) is 0 Å². The smallest absolute Gasteiger partial charge is 0.266 e. The second-order valence-electron chi connectivity index (χ2n) is 5.72. The van der Waals surface area contributed by atoms with Crippen molar-refractivity contribution in [2.75, 3.05) is 25.7 Å². The number of rotatable bonds is 4. The fraction of sp³-hybridized carbons (Fsp3) is 0.375. The topological polar surface area (TPSA) is 72.9 Å². The van der Waals surface area contributed by atoms with Gasteiger partial charge in [-0.3, -0.25) is 9.69 Å². The third-order valence-electron chi connectivity index (χ3n) is 4.12. The molecule has 1 amide bonds. The highest BCUT2D eigenvalue weighted by atomic mass is 32.2. The Balaban J connectivity index is 1.91. The average molecular weight is 400 g/mol. The summed E-state index contributed by atoms with van der Waals surface area (Å²) in [5.41, 5.74) is 0.696. The number of hydrogen-bond acceptors (Lipinski definition) is 7. The Hall–Kier alpha value is -1.58.